The van der Waals surface area contributed by atoms with Gasteiger partial charge in [0.05, 0.1) is 36.6 Å². The predicted octanol–water partition coefficient (Wildman–Crippen LogP) is 2.58. The van der Waals surface area contributed by atoms with Crippen molar-refractivity contribution in [2.45, 2.75) is 39.7 Å². The molecular formula is C20H29N3O2. The van der Waals surface area contributed by atoms with Gasteiger partial charge in [-0.05, 0) is 19.1 Å². The Morgan fingerprint density at radius 2 is 1.92 bits per heavy atom. The second-order valence-electron chi connectivity index (χ2n) is 8.29. The zero-order chi connectivity index (χ0) is 18.1. The maximum absolute atomic E-state index is 9.56. The highest BCUT2D eigenvalue weighted by molar-refractivity contribution is 5.36. The summed E-state index contributed by atoms with van der Waals surface area (Å²) in [6.07, 6.45) is 2.11. The SMILES string of the molecule is Cc1ccc(-n2cc(CNCC3(CO)COC3)c(C(C)(C)C)n2)cc1. The number of benzene rings is 1. The van der Waals surface area contributed by atoms with Gasteiger partial charge in [0.25, 0.3) is 0 Å². The summed E-state index contributed by atoms with van der Waals surface area (Å²) in [5.74, 6) is 0. The van der Waals surface area contributed by atoms with E-state index in [-0.39, 0.29) is 17.4 Å². The van der Waals surface area contributed by atoms with Gasteiger partial charge in [-0.15, -0.1) is 0 Å². The molecule has 0 unspecified atom stereocenters. The van der Waals surface area contributed by atoms with E-state index in [2.05, 4.69) is 63.5 Å². The molecule has 25 heavy (non-hydrogen) atoms. The normalized spacial score (nSPS) is 16.7. The first-order valence-corrected chi connectivity index (χ1v) is 8.88. The third-order valence-electron chi connectivity index (χ3n) is 4.77. The summed E-state index contributed by atoms with van der Waals surface area (Å²) in [5.41, 5.74) is 4.47. The molecule has 0 spiro atoms. The first-order chi connectivity index (χ1) is 11.8. The van der Waals surface area contributed by atoms with Crippen LogP contribution in [0.5, 0.6) is 0 Å². The van der Waals surface area contributed by atoms with Crippen LogP contribution < -0.4 is 5.32 Å². The fraction of sp³-hybridized carbons (Fsp3) is 0.550. The first-order valence-electron chi connectivity index (χ1n) is 8.88. The van der Waals surface area contributed by atoms with Crippen LogP contribution in [0.2, 0.25) is 0 Å². The summed E-state index contributed by atoms with van der Waals surface area (Å²) < 4.78 is 7.23. The maximum Gasteiger partial charge on any atom is 0.0727 e. The number of aliphatic hydroxyl groups excluding tert-OH is 1. The van der Waals surface area contributed by atoms with Gasteiger partial charge in [-0.2, -0.15) is 5.10 Å². The van der Waals surface area contributed by atoms with Crippen LogP contribution in [0.15, 0.2) is 30.5 Å². The average molecular weight is 343 g/mol. The lowest BCUT2D eigenvalue weighted by Gasteiger charge is -2.40. The molecule has 2 heterocycles. The second-order valence-corrected chi connectivity index (χ2v) is 8.29. The van der Waals surface area contributed by atoms with Crippen molar-refractivity contribution in [2.24, 2.45) is 5.41 Å². The Labute approximate surface area is 150 Å². The predicted molar refractivity (Wildman–Crippen MR) is 99.0 cm³/mol. The van der Waals surface area contributed by atoms with Crippen LogP contribution in [0.25, 0.3) is 5.69 Å². The van der Waals surface area contributed by atoms with Gasteiger partial charge >= 0.3 is 0 Å². The van der Waals surface area contributed by atoms with Crippen LogP contribution in [0, 0.1) is 12.3 Å². The molecule has 0 saturated carbocycles. The molecule has 0 amide bonds. The van der Waals surface area contributed by atoms with E-state index in [1.54, 1.807) is 0 Å². The Hall–Kier alpha value is -1.69. The summed E-state index contributed by atoms with van der Waals surface area (Å²) in [5, 5.41) is 17.9. The van der Waals surface area contributed by atoms with Gasteiger partial charge in [0.1, 0.15) is 0 Å². The lowest BCUT2D eigenvalue weighted by molar-refractivity contribution is -0.134. The molecule has 2 aromatic rings. The number of aliphatic hydroxyl groups is 1. The molecule has 1 aromatic heterocycles. The van der Waals surface area contributed by atoms with Crippen molar-refractivity contribution in [2.75, 3.05) is 26.4 Å². The minimum absolute atomic E-state index is 0.0266. The summed E-state index contributed by atoms with van der Waals surface area (Å²) in [6, 6.07) is 8.40. The van der Waals surface area contributed by atoms with Crippen molar-refractivity contribution in [3.63, 3.8) is 0 Å². The van der Waals surface area contributed by atoms with Gasteiger partial charge in [-0.3, -0.25) is 0 Å². The Balaban J connectivity index is 1.78. The molecule has 0 bridgehead atoms. The van der Waals surface area contributed by atoms with E-state index in [1.807, 2.05) is 4.68 Å². The van der Waals surface area contributed by atoms with Gasteiger partial charge in [-0.1, -0.05) is 38.5 Å². The van der Waals surface area contributed by atoms with Crippen LogP contribution in [0.4, 0.5) is 0 Å². The lowest BCUT2D eigenvalue weighted by Crippen LogP contribution is -2.52. The minimum atomic E-state index is -0.116. The maximum atomic E-state index is 9.56. The third-order valence-corrected chi connectivity index (χ3v) is 4.77. The minimum Gasteiger partial charge on any atom is -0.396 e. The van der Waals surface area contributed by atoms with E-state index < -0.39 is 0 Å². The van der Waals surface area contributed by atoms with Crippen LogP contribution in [0.1, 0.15) is 37.6 Å². The summed E-state index contributed by atoms with van der Waals surface area (Å²) in [7, 11) is 0. The highest BCUT2D eigenvalue weighted by atomic mass is 16.5. The lowest BCUT2D eigenvalue weighted by atomic mass is 9.86. The van der Waals surface area contributed by atoms with Crippen LogP contribution in [-0.2, 0) is 16.7 Å². The van der Waals surface area contributed by atoms with Gasteiger partial charge < -0.3 is 15.2 Å². The molecule has 1 saturated heterocycles. The summed E-state index contributed by atoms with van der Waals surface area (Å²) in [6.45, 7) is 11.6. The quantitative estimate of drug-likeness (QED) is 0.846. The van der Waals surface area contributed by atoms with Gasteiger partial charge in [0.15, 0.2) is 0 Å². The number of hydrogen-bond donors (Lipinski definition) is 2. The standard InChI is InChI=1S/C20H29N3O2/c1-15-5-7-17(8-6-15)23-10-16(18(22-23)19(2,3)4)9-21-11-20(12-24)13-25-14-20/h5-8,10,21,24H,9,11-14H2,1-4H3. The van der Waals surface area contributed by atoms with Crippen LogP contribution in [-0.4, -0.2) is 41.3 Å². The number of aromatic nitrogens is 2. The Kier molecular flexibility index (Phi) is 5.00. The zero-order valence-corrected chi connectivity index (χ0v) is 15.7. The van der Waals surface area contributed by atoms with Crippen molar-refractivity contribution >= 4 is 0 Å². The largest absolute Gasteiger partial charge is 0.396 e. The highest BCUT2D eigenvalue weighted by Gasteiger charge is 2.37. The van der Waals surface area contributed by atoms with E-state index in [0.717, 1.165) is 24.5 Å². The molecule has 0 radical (unpaired) electrons. The van der Waals surface area contributed by atoms with Gasteiger partial charge in [0.2, 0.25) is 0 Å². The molecule has 2 N–H and O–H groups in total. The van der Waals surface area contributed by atoms with Crippen LogP contribution >= 0.6 is 0 Å². The van der Waals surface area contributed by atoms with E-state index in [4.69, 9.17) is 9.84 Å². The zero-order valence-electron chi connectivity index (χ0n) is 15.7. The van der Waals surface area contributed by atoms with Crippen molar-refractivity contribution < 1.29 is 9.84 Å². The van der Waals surface area contributed by atoms with E-state index >= 15 is 0 Å². The van der Waals surface area contributed by atoms with Crippen molar-refractivity contribution in [3.05, 3.63) is 47.3 Å². The molecule has 0 aliphatic carbocycles. The van der Waals surface area contributed by atoms with Crippen molar-refractivity contribution in [3.8, 4) is 5.69 Å². The Bertz CT molecular complexity index is 704. The molecule has 1 aliphatic rings. The number of aryl methyl sites for hydroxylation is 1. The number of nitrogens with zero attached hydrogens (tertiary/aromatic N) is 2. The van der Waals surface area contributed by atoms with Gasteiger partial charge in [-0.25, -0.2) is 4.68 Å². The van der Waals surface area contributed by atoms with Crippen molar-refractivity contribution in [1.82, 2.24) is 15.1 Å². The number of hydrogen-bond acceptors (Lipinski definition) is 4. The molecule has 136 valence electrons. The molecular weight excluding hydrogens is 314 g/mol. The van der Waals surface area contributed by atoms with Crippen LogP contribution in [0.3, 0.4) is 0 Å². The topological polar surface area (TPSA) is 59.3 Å². The van der Waals surface area contributed by atoms with Crippen molar-refractivity contribution in [1.29, 1.82) is 0 Å². The third kappa shape index (κ3) is 3.94. The fourth-order valence-corrected chi connectivity index (χ4v) is 3.10. The smallest absolute Gasteiger partial charge is 0.0727 e. The fourth-order valence-electron chi connectivity index (χ4n) is 3.10. The molecule has 0 atom stereocenters. The average Bonchev–Trinajstić information content (AvgIpc) is 2.95. The monoisotopic (exact) mass is 343 g/mol. The highest BCUT2D eigenvalue weighted by Crippen LogP contribution is 2.28. The van der Waals surface area contributed by atoms with Gasteiger partial charge in [0, 0.05) is 30.3 Å². The molecule has 1 fully saturated rings. The molecule has 5 heteroatoms. The summed E-state index contributed by atoms with van der Waals surface area (Å²) >= 11 is 0. The molecule has 5 nitrogen and oxygen atoms in total. The number of nitrogens with one attached hydrogen (secondary N) is 1. The Morgan fingerprint density at radius 1 is 1.24 bits per heavy atom. The summed E-state index contributed by atoms with van der Waals surface area (Å²) in [4.78, 5) is 0. The van der Waals surface area contributed by atoms with E-state index in [1.165, 1.54) is 11.1 Å². The molecule has 1 aromatic carbocycles. The van der Waals surface area contributed by atoms with E-state index in [0.29, 0.717) is 13.2 Å². The number of ether oxygens (including phenoxy) is 1. The second kappa shape index (κ2) is 6.90. The Morgan fingerprint density at radius 3 is 2.44 bits per heavy atom. The molecule has 1 aliphatic heterocycles. The van der Waals surface area contributed by atoms with E-state index in [9.17, 15) is 5.11 Å². The molecule has 3 rings (SSSR count). The first kappa shape index (κ1) is 18.1. The number of rotatable bonds is 6.